The smallest absolute Gasteiger partial charge is 0.291 e. The van der Waals surface area contributed by atoms with Gasteiger partial charge in [0.2, 0.25) is 5.91 Å². The topological polar surface area (TPSA) is 82.1 Å². The third kappa shape index (κ3) is 2.81. The maximum absolute atomic E-state index is 12.8. The normalized spacial score (nSPS) is 12.6. The van der Waals surface area contributed by atoms with Crippen LogP contribution in [0.2, 0.25) is 0 Å². The van der Waals surface area contributed by atoms with Gasteiger partial charge in [0.05, 0.1) is 18.3 Å². The van der Waals surface area contributed by atoms with Gasteiger partial charge in [-0.1, -0.05) is 18.2 Å². The number of hydrogen-bond donors (Lipinski definition) is 1. The molecular formula is C20H20N4O3. The van der Waals surface area contributed by atoms with Crippen molar-refractivity contribution in [3.05, 3.63) is 64.5 Å². The van der Waals surface area contributed by atoms with Crippen LogP contribution in [-0.4, -0.2) is 20.3 Å². The number of para-hydroxylation sites is 1. The number of fused-ring (bicyclic) bond motifs is 3. The summed E-state index contributed by atoms with van der Waals surface area (Å²) in [5.41, 5.74) is 1.07. The van der Waals surface area contributed by atoms with Crippen LogP contribution < -0.4 is 10.9 Å². The second kappa shape index (κ2) is 6.42. The summed E-state index contributed by atoms with van der Waals surface area (Å²) in [5, 5.41) is 8.66. The first kappa shape index (κ1) is 17.1. The molecule has 138 valence electrons. The molecule has 0 aliphatic rings. The minimum atomic E-state index is -0.571. The number of aryl methyl sites for hydroxylation is 2. The van der Waals surface area contributed by atoms with Crippen LogP contribution in [0.15, 0.2) is 51.8 Å². The fraction of sp³-hybridized carbons (Fsp3) is 0.250. The first-order chi connectivity index (χ1) is 13.0. The van der Waals surface area contributed by atoms with Crippen molar-refractivity contribution >= 4 is 27.7 Å². The molecule has 3 aromatic heterocycles. The van der Waals surface area contributed by atoms with Gasteiger partial charge in [-0.2, -0.15) is 5.10 Å². The Hall–Kier alpha value is -3.35. The number of carbonyl (C=O) groups excluding carboxylic acids is 1. The molecule has 0 aliphatic carbocycles. The van der Waals surface area contributed by atoms with Gasteiger partial charge in [-0.3, -0.25) is 9.59 Å². The van der Waals surface area contributed by atoms with Crippen LogP contribution in [0.1, 0.15) is 24.5 Å². The van der Waals surface area contributed by atoms with E-state index in [0.717, 1.165) is 22.0 Å². The van der Waals surface area contributed by atoms with Gasteiger partial charge in [-0.15, -0.1) is 0 Å². The number of carbonyl (C=O) groups is 1. The molecule has 1 amide bonds. The molecule has 4 rings (SSSR count). The molecular weight excluding hydrogens is 344 g/mol. The largest absolute Gasteiger partial charge is 0.465 e. The molecule has 0 bridgehead atoms. The fourth-order valence-electron chi connectivity index (χ4n) is 3.41. The number of nitrogens with zero attached hydrogens (tertiary/aromatic N) is 3. The predicted molar refractivity (Wildman–Crippen MR) is 102 cm³/mol. The second-order valence-electron chi connectivity index (χ2n) is 6.63. The lowest BCUT2D eigenvalue weighted by atomic mass is 10.2. The highest BCUT2D eigenvalue weighted by Crippen LogP contribution is 2.29. The van der Waals surface area contributed by atoms with Gasteiger partial charge in [0.15, 0.2) is 0 Å². The van der Waals surface area contributed by atoms with E-state index in [4.69, 9.17) is 4.42 Å². The van der Waals surface area contributed by atoms with E-state index in [9.17, 15) is 9.59 Å². The third-order valence-electron chi connectivity index (χ3n) is 4.81. The van der Waals surface area contributed by atoms with Crippen LogP contribution in [0.25, 0.3) is 21.8 Å². The maximum Gasteiger partial charge on any atom is 0.291 e. The molecule has 27 heavy (non-hydrogen) atoms. The number of nitrogens with one attached hydrogen (secondary N) is 1. The predicted octanol–water partition coefficient (Wildman–Crippen LogP) is 2.67. The molecule has 0 saturated heterocycles. The van der Waals surface area contributed by atoms with Gasteiger partial charge in [0.25, 0.3) is 5.56 Å². The van der Waals surface area contributed by atoms with E-state index in [0.29, 0.717) is 17.8 Å². The summed E-state index contributed by atoms with van der Waals surface area (Å²) in [6.45, 7) is 3.94. The van der Waals surface area contributed by atoms with Gasteiger partial charge in [0.1, 0.15) is 23.1 Å². The number of furan rings is 1. The monoisotopic (exact) mass is 364 g/mol. The van der Waals surface area contributed by atoms with Crippen LogP contribution in [0.4, 0.5) is 0 Å². The van der Waals surface area contributed by atoms with Crippen LogP contribution >= 0.6 is 0 Å². The van der Waals surface area contributed by atoms with E-state index in [-0.39, 0.29) is 11.5 Å². The van der Waals surface area contributed by atoms with Gasteiger partial charge in [-0.05, 0) is 32.0 Å². The fourth-order valence-corrected chi connectivity index (χ4v) is 3.41. The van der Waals surface area contributed by atoms with Gasteiger partial charge in [0, 0.05) is 17.8 Å². The van der Waals surface area contributed by atoms with Crippen LogP contribution in [0.5, 0.6) is 0 Å². The van der Waals surface area contributed by atoms with Gasteiger partial charge < -0.3 is 14.3 Å². The molecule has 1 aromatic carbocycles. The van der Waals surface area contributed by atoms with E-state index < -0.39 is 6.04 Å². The van der Waals surface area contributed by atoms with E-state index in [1.54, 1.807) is 24.7 Å². The lowest BCUT2D eigenvalue weighted by molar-refractivity contribution is -0.123. The Labute approximate surface area is 155 Å². The molecule has 0 aliphatic heterocycles. The first-order valence-electron chi connectivity index (χ1n) is 8.75. The molecule has 7 heteroatoms. The molecule has 7 nitrogen and oxygen atoms in total. The van der Waals surface area contributed by atoms with Crippen molar-refractivity contribution in [2.24, 2.45) is 7.05 Å². The Morgan fingerprint density at radius 1 is 1.22 bits per heavy atom. The first-order valence-corrected chi connectivity index (χ1v) is 8.75. The summed E-state index contributed by atoms with van der Waals surface area (Å²) in [4.78, 5) is 25.6. The molecule has 0 saturated carbocycles. The van der Waals surface area contributed by atoms with E-state index in [1.165, 1.54) is 4.68 Å². The van der Waals surface area contributed by atoms with Crippen LogP contribution in [-0.2, 0) is 18.4 Å². The zero-order chi connectivity index (χ0) is 19.1. The highest BCUT2D eigenvalue weighted by molar-refractivity contribution is 6.08. The maximum atomic E-state index is 12.8. The molecule has 0 spiro atoms. The lowest BCUT2D eigenvalue weighted by Crippen LogP contribution is -2.32. The highest BCUT2D eigenvalue weighted by atomic mass is 16.3. The van der Waals surface area contributed by atoms with Crippen molar-refractivity contribution in [1.82, 2.24) is 19.7 Å². The molecule has 1 atom stereocenters. The second-order valence-corrected chi connectivity index (χ2v) is 6.63. The highest BCUT2D eigenvalue weighted by Gasteiger charge is 2.23. The summed E-state index contributed by atoms with van der Waals surface area (Å²) >= 11 is 0. The zero-order valence-electron chi connectivity index (χ0n) is 15.4. The minimum Gasteiger partial charge on any atom is -0.465 e. The minimum absolute atomic E-state index is 0.189. The molecule has 1 N–H and O–H groups in total. The lowest BCUT2D eigenvalue weighted by Gasteiger charge is -2.16. The standard InChI is InChI=1S/C20H20N4O3/c1-12-8-9-14(27-12)10-21-19(25)13(2)24-17-7-5-4-6-15(17)16-11-22-23(3)20(26)18(16)24/h4-9,11,13H,10H2,1-3H3,(H,21,25). The van der Waals surface area contributed by atoms with Crippen LogP contribution in [0.3, 0.4) is 0 Å². The summed E-state index contributed by atoms with van der Waals surface area (Å²) in [6.07, 6.45) is 1.67. The SMILES string of the molecule is Cc1ccc(CNC(=O)C(C)n2c3ccccc3c3cnn(C)c(=O)c32)o1. The Morgan fingerprint density at radius 2 is 2.00 bits per heavy atom. The molecule has 0 fully saturated rings. The van der Waals surface area contributed by atoms with E-state index in [2.05, 4.69) is 10.4 Å². The van der Waals surface area contributed by atoms with Crippen molar-refractivity contribution in [2.45, 2.75) is 26.4 Å². The molecule has 3 heterocycles. The third-order valence-corrected chi connectivity index (χ3v) is 4.81. The zero-order valence-corrected chi connectivity index (χ0v) is 15.4. The number of aromatic nitrogens is 3. The summed E-state index contributed by atoms with van der Waals surface area (Å²) in [7, 11) is 1.60. The summed E-state index contributed by atoms with van der Waals surface area (Å²) in [5.74, 6) is 1.30. The number of benzene rings is 1. The van der Waals surface area contributed by atoms with Crippen LogP contribution in [0, 0.1) is 6.92 Å². The van der Waals surface area contributed by atoms with E-state index in [1.807, 2.05) is 43.3 Å². The number of rotatable bonds is 4. The summed E-state index contributed by atoms with van der Waals surface area (Å²) < 4.78 is 8.57. The number of amides is 1. The Morgan fingerprint density at radius 3 is 2.74 bits per heavy atom. The Bertz CT molecular complexity index is 1220. The molecule has 0 radical (unpaired) electrons. The van der Waals surface area contributed by atoms with Gasteiger partial charge >= 0.3 is 0 Å². The molecule has 1 unspecified atom stereocenters. The van der Waals surface area contributed by atoms with Crippen molar-refractivity contribution in [3.63, 3.8) is 0 Å². The van der Waals surface area contributed by atoms with Crippen molar-refractivity contribution in [1.29, 1.82) is 0 Å². The van der Waals surface area contributed by atoms with Crippen molar-refractivity contribution < 1.29 is 9.21 Å². The number of hydrogen-bond acceptors (Lipinski definition) is 4. The average Bonchev–Trinajstić information content (AvgIpc) is 3.23. The molecule has 4 aromatic rings. The Balaban J connectivity index is 1.78. The van der Waals surface area contributed by atoms with Gasteiger partial charge in [-0.25, -0.2) is 4.68 Å². The van der Waals surface area contributed by atoms with E-state index >= 15 is 0 Å². The average molecular weight is 364 g/mol. The van der Waals surface area contributed by atoms with Crippen molar-refractivity contribution in [2.75, 3.05) is 0 Å². The Kier molecular flexibility index (Phi) is 4.07. The van der Waals surface area contributed by atoms with Crippen molar-refractivity contribution in [3.8, 4) is 0 Å². The summed E-state index contributed by atoms with van der Waals surface area (Å²) in [6, 6.07) is 10.8. The quantitative estimate of drug-likeness (QED) is 0.604.